The molecular formula is C24H18F2N2O. The minimum absolute atomic E-state index is 0.268. The molecule has 5 rings (SSSR count). The second-order valence-electron chi connectivity index (χ2n) is 7.28. The van der Waals surface area contributed by atoms with E-state index in [-0.39, 0.29) is 17.7 Å². The van der Waals surface area contributed by atoms with Crippen LogP contribution in [0, 0.1) is 11.6 Å². The van der Waals surface area contributed by atoms with Crippen molar-refractivity contribution in [2.45, 2.75) is 18.6 Å². The maximum Gasteiger partial charge on any atom is 0.129 e. The topological polar surface area (TPSA) is 38.1 Å². The van der Waals surface area contributed by atoms with Gasteiger partial charge in [0.2, 0.25) is 0 Å². The lowest BCUT2D eigenvalue weighted by Crippen LogP contribution is -2.11. The van der Waals surface area contributed by atoms with Gasteiger partial charge >= 0.3 is 0 Å². The molecule has 1 aromatic heterocycles. The van der Waals surface area contributed by atoms with E-state index < -0.39 is 6.10 Å². The second-order valence-corrected chi connectivity index (χ2v) is 7.28. The highest BCUT2D eigenvalue weighted by Crippen LogP contribution is 2.44. The third kappa shape index (κ3) is 3.04. The molecule has 0 radical (unpaired) electrons. The first-order chi connectivity index (χ1) is 14.1. The van der Waals surface area contributed by atoms with Crippen LogP contribution in [-0.2, 0) is 0 Å². The minimum Gasteiger partial charge on any atom is -0.388 e. The summed E-state index contributed by atoms with van der Waals surface area (Å²) < 4.78 is 29.6. The second kappa shape index (κ2) is 6.94. The van der Waals surface area contributed by atoms with Crippen molar-refractivity contribution < 1.29 is 13.9 Å². The predicted octanol–water partition coefficient (Wildman–Crippen LogP) is 5.52. The van der Waals surface area contributed by atoms with Crippen molar-refractivity contribution in [3.8, 4) is 22.4 Å². The molecular weight excluding hydrogens is 370 g/mol. The fraction of sp³-hybridized carbons (Fsp3) is 0.125. The van der Waals surface area contributed by atoms with E-state index in [9.17, 15) is 13.9 Å². The monoisotopic (exact) mass is 388 g/mol. The van der Waals surface area contributed by atoms with Gasteiger partial charge in [-0.2, -0.15) is 0 Å². The van der Waals surface area contributed by atoms with Gasteiger partial charge in [0.05, 0.1) is 30.4 Å². The Bertz CT molecular complexity index is 1170. The molecule has 3 nitrogen and oxygen atoms in total. The fourth-order valence-corrected chi connectivity index (χ4v) is 4.12. The minimum atomic E-state index is -0.761. The van der Waals surface area contributed by atoms with Gasteiger partial charge in [0.25, 0.3) is 0 Å². The number of imidazole rings is 1. The Hall–Kier alpha value is -3.31. The lowest BCUT2D eigenvalue weighted by molar-refractivity contribution is 0.153. The van der Waals surface area contributed by atoms with Crippen LogP contribution in [0.4, 0.5) is 8.78 Å². The Morgan fingerprint density at radius 3 is 2.34 bits per heavy atom. The highest BCUT2D eigenvalue weighted by Gasteiger charge is 2.32. The van der Waals surface area contributed by atoms with E-state index in [0.29, 0.717) is 12.0 Å². The molecule has 1 N–H and O–H groups in total. The van der Waals surface area contributed by atoms with Crippen molar-refractivity contribution in [3.63, 3.8) is 0 Å². The largest absolute Gasteiger partial charge is 0.388 e. The molecule has 0 fully saturated rings. The Kier molecular flexibility index (Phi) is 4.25. The van der Waals surface area contributed by atoms with Gasteiger partial charge in [0.15, 0.2) is 0 Å². The number of aliphatic hydroxyl groups is 1. The SMILES string of the molecule is OC(CC1c2c(F)cccc2-c2cncn21)c1ccc(-c2ccc(F)cc2)cc1. The van der Waals surface area contributed by atoms with E-state index >= 15 is 0 Å². The van der Waals surface area contributed by atoms with E-state index in [0.717, 1.165) is 27.9 Å². The third-order valence-corrected chi connectivity index (χ3v) is 5.58. The summed E-state index contributed by atoms with van der Waals surface area (Å²) in [5, 5.41) is 10.9. The zero-order valence-corrected chi connectivity index (χ0v) is 15.5. The van der Waals surface area contributed by atoms with Crippen LogP contribution < -0.4 is 0 Å². The lowest BCUT2D eigenvalue weighted by Gasteiger charge is -2.20. The van der Waals surface area contributed by atoms with Crippen LogP contribution in [0.3, 0.4) is 0 Å². The summed E-state index contributed by atoms with van der Waals surface area (Å²) in [6.45, 7) is 0. The quantitative estimate of drug-likeness (QED) is 0.500. The van der Waals surface area contributed by atoms with Gasteiger partial charge < -0.3 is 9.67 Å². The first kappa shape index (κ1) is 17.8. The van der Waals surface area contributed by atoms with Gasteiger partial charge in [-0.15, -0.1) is 0 Å². The van der Waals surface area contributed by atoms with Gasteiger partial charge in [-0.05, 0) is 34.9 Å². The number of hydrogen-bond acceptors (Lipinski definition) is 2. The molecule has 0 saturated carbocycles. The average molecular weight is 388 g/mol. The van der Waals surface area contributed by atoms with Gasteiger partial charge in [-0.25, -0.2) is 13.8 Å². The van der Waals surface area contributed by atoms with E-state index in [1.54, 1.807) is 30.7 Å². The van der Waals surface area contributed by atoms with Crippen LogP contribution >= 0.6 is 0 Å². The van der Waals surface area contributed by atoms with Crippen molar-refractivity contribution >= 4 is 0 Å². The smallest absolute Gasteiger partial charge is 0.129 e. The van der Waals surface area contributed by atoms with Crippen LogP contribution in [-0.4, -0.2) is 14.7 Å². The Labute approximate surface area is 166 Å². The Morgan fingerprint density at radius 1 is 0.931 bits per heavy atom. The van der Waals surface area contributed by atoms with Crippen LogP contribution in [0.25, 0.3) is 22.4 Å². The maximum atomic E-state index is 14.6. The van der Waals surface area contributed by atoms with E-state index in [2.05, 4.69) is 4.98 Å². The third-order valence-electron chi connectivity index (χ3n) is 5.58. The number of fused-ring (bicyclic) bond motifs is 3. The molecule has 5 heteroatoms. The first-order valence-electron chi connectivity index (χ1n) is 9.46. The molecule has 0 spiro atoms. The zero-order valence-electron chi connectivity index (χ0n) is 15.5. The Balaban J connectivity index is 1.41. The fourth-order valence-electron chi connectivity index (χ4n) is 4.12. The summed E-state index contributed by atoms with van der Waals surface area (Å²) in [5.41, 5.74) is 4.89. The van der Waals surface area contributed by atoms with Crippen molar-refractivity contribution in [1.82, 2.24) is 9.55 Å². The van der Waals surface area contributed by atoms with Crippen molar-refractivity contribution in [2.75, 3.05) is 0 Å². The average Bonchev–Trinajstić information content (AvgIpc) is 3.32. The van der Waals surface area contributed by atoms with E-state index in [4.69, 9.17) is 0 Å². The van der Waals surface area contributed by atoms with Crippen LogP contribution in [0.2, 0.25) is 0 Å². The van der Waals surface area contributed by atoms with Crippen LogP contribution in [0.1, 0.15) is 29.7 Å². The summed E-state index contributed by atoms with van der Waals surface area (Å²) in [7, 11) is 0. The Morgan fingerprint density at radius 2 is 1.62 bits per heavy atom. The number of benzene rings is 3. The molecule has 0 amide bonds. The van der Waals surface area contributed by atoms with Gasteiger partial charge in [0, 0.05) is 17.5 Å². The van der Waals surface area contributed by atoms with E-state index in [1.807, 2.05) is 34.9 Å². The number of hydrogen-bond donors (Lipinski definition) is 1. The molecule has 0 saturated heterocycles. The molecule has 1 aliphatic heterocycles. The van der Waals surface area contributed by atoms with Crippen LogP contribution in [0.15, 0.2) is 79.3 Å². The van der Waals surface area contributed by atoms with Gasteiger partial charge in [0.1, 0.15) is 11.6 Å². The predicted molar refractivity (Wildman–Crippen MR) is 107 cm³/mol. The molecule has 3 aromatic carbocycles. The van der Waals surface area contributed by atoms with Gasteiger partial charge in [-0.3, -0.25) is 0 Å². The molecule has 4 aromatic rings. The summed E-state index contributed by atoms with van der Waals surface area (Å²) in [6.07, 6.45) is 2.99. The molecule has 0 bridgehead atoms. The first-order valence-corrected chi connectivity index (χ1v) is 9.46. The number of rotatable bonds is 4. The van der Waals surface area contributed by atoms with Crippen molar-refractivity contribution in [2.24, 2.45) is 0 Å². The summed E-state index contributed by atoms with van der Waals surface area (Å²) in [4.78, 5) is 4.19. The normalized spacial score (nSPS) is 15.8. The number of aliphatic hydroxyl groups excluding tert-OH is 1. The lowest BCUT2D eigenvalue weighted by atomic mass is 9.94. The molecule has 2 atom stereocenters. The molecule has 144 valence electrons. The molecule has 2 heterocycles. The summed E-state index contributed by atoms with van der Waals surface area (Å²) >= 11 is 0. The molecule has 29 heavy (non-hydrogen) atoms. The number of halogens is 2. The van der Waals surface area contributed by atoms with Crippen molar-refractivity contribution in [3.05, 3.63) is 102 Å². The number of aromatic nitrogens is 2. The van der Waals surface area contributed by atoms with Crippen LogP contribution in [0.5, 0.6) is 0 Å². The highest BCUT2D eigenvalue weighted by atomic mass is 19.1. The summed E-state index contributed by atoms with van der Waals surface area (Å²) in [5.74, 6) is -0.543. The molecule has 2 unspecified atom stereocenters. The summed E-state index contributed by atoms with van der Waals surface area (Å²) in [6, 6.07) is 18.5. The molecule has 0 aliphatic carbocycles. The highest BCUT2D eigenvalue weighted by molar-refractivity contribution is 5.69. The standard InChI is InChI=1S/C24H18F2N2O/c25-18-10-8-16(9-11-18)15-4-6-17(7-5-15)23(29)12-21-24-19(2-1-3-20(24)26)22-13-27-14-28(21)22/h1-11,13-14,21,23,29H,12H2. The zero-order chi connectivity index (χ0) is 20.0. The molecule has 1 aliphatic rings. The number of nitrogens with zero attached hydrogens (tertiary/aromatic N) is 2. The maximum absolute atomic E-state index is 14.6. The van der Waals surface area contributed by atoms with Gasteiger partial charge in [-0.1, -0.05) is 48.5 Å². The van der Waals surface area contributed by atoms with E-state index in [1.165, 1.54) is 18.2 Å². The van der Waals surface area contributed by atoms with Crippen molar-refractivity contribution in [1.29, 1.82) is 0 Å².